The van der Waals surface area contributed by atoms with Gasteiger partial charge in [0, 0.05) is 43.4 Å². The van der Waals surface area contributed by atoms with Crippen LogP contribution in [0.5, 0.6) is 0 Å². The Kier molecular flexibility index (Phi) is 10.0. The molecule has 0 amide bonds. The van der Waals surface area contributed by atoms with Crippen LogP contribution in [0.1, 0.15) is 72.1 Å². The van der Waals surface area contributed by atoms with E-state index in [0.717, 1.165) is 42.8 Å². The molecule has 1 unspecified atom stereocenters. The molecule has 1 aliphatic carbocycles. The number of hydrogen-bond acceptors (Lipinski definition) is 6. The smallest absolute Gasteiger partial charge is 0.339 e. The molecule has 3 aromatic rings. The maximum absolute atomic E-state index is 12.1. The molecular formula is C31H39N5O2S. The molecule has 1 fully saturated rings. The minimum atomic E-state index is -0.972. The normalized spacial score (nSPS) is 16.9. The van der Waals surface area contributed by atoms with Gasteiger partial charge in [0.15, 0.2) is 0 Å². The fraction of sp³-hybridized carbons (Fsp3) is 0.387. The standard InChI is InChI=1S/C31H39N5O2S/c1-4-5-6-9-15-35(39-29-14-8-7-11-22(29)2)21-23-12-10-13-25(16-23)36-30(28(20-34-36)31(37)38)27-17-26(27)24(18-32)19-33-3/h7-8,10-14,16,18-20,26-27,32-33H,4-6,9,15,17,21H2,1-3H3,(H,37,38)/b24-19+,32-18?/t26?,27-/m1/s1. The predicted molar refractivity (Wildman–Crippen MR) is 159 cm³/mol. The van der Waals surface area contributed by atoms with Gasteiger partial charge in [0.2, 0.25) is 0 Å². The van der Waals surface area contributed by atoms with E-state index in [0.29, 0.717) is 5.69 Å². The van der Waals surface area contributed by atoms with E-state index in [1.807, 2.05) is 25.4 Å². The molecule has 2 atom stereocenters. The molecule has 1 aromatic heterocycles. The lowest BCUT2D eigenvalue weighted by Gasteiger charge is -2.22. The average Bonchev–Trinajstić information content (AvgIpc) is 3.58. The molecular weight excluding hydrogens is 506 g/mol. The van der Waals surface area contributed by atoms with Crippen LogP contribution in [0.3, 0.4) is 0 Å². The highest BCUT2D eigenvalue weighted by Gasteiger charge is 2.45. The van der Waals surface area contributed by atoms with Crippen molar-refractivity contribution in [1.82, 2.24) is 19.4 Å². The summed E-state index contributed by atoms with van der Waals surface area (Å²) < 4.78 is 4.22. The molecule has 8 heteroatoms. The van der Waals surface area contributed by atoms with Crippen molar-refractivity contribution < 1.29 is 9.90 Å². The predicted octanol–water partition coefficient (Wildman–Crippen LogP) is 6.82. The van der Waals surface area contributed by atoms with Crippen molar-refractivity contribution in [1.29, 1.82) is 5.41 Å². The number of allylic oxidation sites excluding steroid dienone is 1. The molecule has 2 aromatic carbocycles. The Morgan fingerprint density at radius 1 is 1.23 bits per heavy atom. The Hall–Kier alpha value is -3.36. The zero-order valence-corrected chi connectivity index (χ0v) is 23.9. The van der Waals surface area contributed by atoms with Gasteiger partial charge in [-0.25, -0.2) is 13.8 Å². The van der Waals surface area contributed by atoms with E-state index in [4.69, 9.17) is 5.41 Å². The molecule has 206 valence electrons. The topological polar surface area (TPSA) is 94.2 Å². The molecule has 3 N–H and O–H groups in total. The van der Waals surface area contributed by atoms with Crippen LogP contribution in [-0.4, -0.2) is 45.0 Å². The van der Waals surface area contributed by atoms with Crippen molar-refractivity contribution in [3.63, 3.8) is 0 Å². The van der Waals surface area contributed by atoms with Crippen LogP contribution >= 0.6 is 11.9 Å². The highest BCUT2D eigenvalue weighted by Crippen LogP contribution is 2.52. The number of aryl methyl sites for hydroxylation is 1. The summed E-state index contributed by atoms with van der Waals surface area (Å²) in [6.07, 6.45) is 10.3. The van der Waals surface area contributed by atoms with E-state index in [2.05, 4.69) is 65.0 Å². The van der Waals surface area contributed by atoms with Gasteiger partial charge in [0.25, 0.3) is 0 Å². The summed E-state index contributed by atoms with van der Waals surface area (Å²) in [7, 11) is 1.81. The molecule has 0 bridgehead atoms. The third-order valence-electron chi connectivity index (χ3n) is 7.18. The Morgan fingerprint density at radius 2 is 2.05 bits per heavy atom. The third-order valence-corrected chi connectivity index (χ3v) is 8.41. The van der Waals surface area contributed by atoms with E-state index < -0.39 is 5.97 Å². The van der Waals surface area contributed by atoms with Gasteiger partial charge in [-0.2, -0.15) is 5.10 Å². The van der Waals surface area contributed by atoms with Gasteiger partial charge < -0.3 is 15.8 Å². The second-order valence-electron chi connectivity index (χ2n) is 10.1. The number of benzene rings is 2. The number of hydrogen-bond donors (Lipinski definition) is 3. The van der Waals surface area contributed by atoms with E-state index in [9.17, 15) is 9.90 Å². The number of unbranched alkanes of at least 4 members (excludes halogenated alkanes) is 3. The summed E-state index contributed by atoms with van der Waals surface area (Å²) in [5, 5.41) is 25.2. The Labute approximate surface area is 236 Å². The summed E-state index contributed by atoms with van der Waals surface area (Å²) in [5.74, 6) is -0.856. The zero-order valence-electron chi connectivity index (χ0n) is 23.1. The molecule has 7 nitrogen and oxygen atoms in total. The number of carboxylic acid groups (broad SMARTS) is 1. The van der Waals surface area contributed by atoms with Crippen LogP contribution < -0.4 is 5.32 Å². The first-order valence-electron chi connectivity index (χ1n) is 13.7. The van der Waals surface area contributed by atoms with Crippen LogP contribution in [0.15, 0.2) is 71.4 Å². The van der Waals surface area contributed by atoms with Crippen molar-refractivity contribution >= 4 is 24.1 Å². The van der Waals surface area contributed by atoms with Crippen LogP contribution in [0.4, 0.5) is 0 Å². The Bertz CT molecular complexity index is 1320. The molecule has 0 aliphatic heterocycles. The first-order chi connectivity index (χ1) is 19.0. The van der Waals surface area contributed by atoms with Gasteiger partial charge in [-0.3, -0.25) is 0 Å². The summed E-state index contributed by atoms with van der Waals surface area (Å²) in [6, 6.07) is 16.8. The van der Waals surface area contributed by atoms with Gasteiger partial charge in [0.1, 0.15) is 5.56 Å². The fourth-order valence-electron chi connectivity index (χ4n) is 5.03. The number of aromatic carboxylic acids is 1. The SMILES string of the molecule is CCCCCCN(Cc1cccc(-n2ncc(C(=O)O)c2[C@@H]2CC2/C(C=N)=C/NC)c1)Sc1ccccc1C. The van der Waals surface area contributed by atoms with Crippen molar-refractivity contribution in [2.75, 3.05) is 13.6 Å². The number of carbonyl (C=O) groups is 1. The van der Waals surface area contributed by atoms with Crippen molar-refractivity contribution in [3.8, 4) is 5.69 Å². The monoisotopic (exact) mass is 545 g/mol. The van der Waals surface area contributed by atoms with E-state index in [1.54, 1.807) is 16.6 Å². The molecule has 4 rings (SSSR count). The first-order valence-corrected chi connectivity index (χ1v) is 14.5. The highest BCUT2D eigenvalue weighted by molar-refractivity contribution is 7.97. The summed E-state index contributed by atoms with van der Waals surface area (Å²) >= 11 is 1.81. The summed E-state index contributed by atoms with van der Waals surface area (Å²) in [6.45, 7) is 6.15. The fourth-order valence-corrected chi connectivity index (χ4v) is 6.10. The van der Waals surface area contributed by atoms with Gasteiger partial charge >= 0.3 is 5.97 Å². The number of rotatable bonds is 15. The Balaban J connectivity index is 1.59. The van der Waals surface area contributed by atoms with Crippen LogP contribution in [0.25, 0.3) is 5.69 Å². The molecule has 39 heavy (non-hydrogen) atoms. The van der Waals surface area contributed by atoms with Gasteiger partial charge in [-0.05, 0) is 72.5 Å². The summed E-state index contributed by atoms with van der Waals surface area (Å²) in [5.41, 5.74) is 5.10. The molecule has 1 heterocycles. The lowest BCUT2D eigenvalue weighted by Crippen LogP contribution is -2.17. The van der Waals surface area contributed by atoms with E-state index in [1.165, 1.54) is 42.1 Å². The number of carboxylic acids is 1. The molecule has 0 saturated heterocycles. The lowest BCUT2D eigenvalue weighted by molar-refractivity contribution is 0.0695. The zero-order chi connectivity index (χ0) is 27.8. The maximum atomic E-state index is 12.1. The van der Waals surface area contributed by atoms with Crippen molar-refractivity contribution in [2.45, 2.75) is 63.3 Å². The van der Waals surface area contributed by atoms with Gasteiger partial charge in [-0.1, -0.05) is 56.5 Å². The number of nitrogens with one attached hydrogen (secondary N) is 2. The third kappa shape index (κ3) is 7.19. The van der Waals surface area contributed by atoms with Gasteiger partial charge in [-0.15, -0.1) is 0 Å². The quantitative estimate of drug-likeness (QED) is 0.110. The van der Waals surface area contributed by atoms with Crippen molar-refractivity contribution in [2.24, 2.45) is 5.92 Å². The average molecular weight is 546 g/mol. The first kappa shape index (κ1) is 28.6. The van der Waals surface area contributed by atoms with E-state index in [-0.39, 0.29) is 17.4 Å². The second kappa shape index (κ2) is 13.6. The second-order valence-corrected chi connectivity index (χ2v) is 11.3. The minimum Gasteiger partial charge on any atom is -0.478 e. The summed E-state index contributed by atoms with van der Waals surface area (Å²) in [4.78, 5) is 13.4. The van der Waals surface area contributed by atoms with Crippen LogP contribution in [0.2, 0.25) is 0 Å². The van der Waals surface area contributed by atoms with Crippen LogP contribution in [-0.2, 0) is 6.54 Å². The van der Waals surface area contributed by atoms with Crippen LogP contribution in [0, 0.1) is 18.3 Å². The molecule has 0 spiro atoms. The highest BCUT2D eigenvalue weighted by atomic mass is 32.2. The maximum Gasteiger partial charge on any atom is 0.339 e. The van der Waals surface area contributed by atoms with Crippen molar-refractivity contribution in [3.05, 3.63) is 88.9 Å². The minimum absolute atomic E-state index is 0.00938. The number of aromatic nitrogens is 2. The van der Waals surface area contributed by atoms with E-state index >= 15 is 0 Å². The molecule has 0 radical (unpaired) electrons. The molecule has 1 aliphatic rings. The Morgan fingerprint density at radius 3 is 2.77 bits per heavy atom. The largest absolute Gasteiger partial charge is 0.478 e. The molecule has 1 saturated carbocycles. The van der Waals surface area contributed by atoms with Gasteiger partial charge in [0.05, 0.1) is 17.6 Å². The number of nitrogens with zero attached hydrogens (tertiary/aromatic N) is 3. The lowest BCUT2D eigenvalue weighted by atomic mass is 10.1.